The minimum Gasteiger partial charge on any atom is -0.352 e. The smallest absolute Gasteiger partial charge is 0.260 e. The molecule has 0 aliphatic carbocycles. The summed E-state index contributed by atoms with van der Waals surface area (Å²) in [7, 11) is 4.00. The molecule has 0 bridgehead atoms. The number of amides is 3. The molecule has 28 heavy (non-hydrogen) atoms. The van der Waals surface area contributed by atoms with Crippen molar-refractivity contribution in [1.82, 2.24) is 15.1 Å². The highest BCUT2D eigenvalue weighted by Gasteiger charge is 2.30. The van der Waals surface area contributed by atoms with E-state index >= 15 is 0 Å². The van der Waals surface area contributed by atoms with Crippen LogP contribution in [-0.2, 0) is 29.1 Å². The van der Waals surface area contributed by atoms with E-state index in [0.717, 1.165) is 23.2 Å². The van der Waals surface area contributed by atoms with E-state index in [-0.39, 0.29) is 37.1 Å². The van der Waals surface area contributed by atoms with E-state index in [4.69, 9.17) is 0 Å². The van der Waals surface area contributed by atoms with Gasteiger partial charge in [-0.25, -0.2) is 0 Å². The summed E-state index contributed by atoms with van der Waals surface area (Å²) in [5, 5.41) is 2.89. The quantitative estimate of drug-likeness (QED) is 0.747. The minimum absolute atomic E-state index is 0.0928. The molecule has 146 valence electrons. The lowest BCUT2D eigenvalue weighted by Gasteiger charge is -2.26. The highest BCUT2D eigenvalue weighted by Crippen LogP contribution is 2.19. The SMILES string of the molecule is CN(C)Cc1ccccc1CNC(=O)CCN1C(=O)Cc2ccccc2C1=O. The van der Waals surface area contributed by atoms with Gasteiger partial charge in [0.15, 0.2) is 0 Å². The highest BCUT2D eigenvalue weighted by molar-refractivity contribution is 6.09. The molecule has 1 heterocycles. The van der Waals surface area contributed by atoms with Gasteiger partial charge in [-0.2, -0.15) is 0 Å². The zero-order valence-corrected chi connectivity index (χ0v) is 16.3. The minimum atomic E-state index is -0.323. The molecule has 2 aromatic carbocycles. The van der Waals surface area contributed by atoms with Crippen LogP contribution in [0.1, 0.15) is 33.5 Å². The van der Waals surface area contributed by atoms with Crippen LogP contribution in [0.3, 0.4) is 0 Å². The van der Waals surface area contributed by atoms with Crippen LogP contribution in [0.5, 0.6) is 0 Å². The van der Waals surface area contributed by atoms with Crippen molar-refractivity contribution in [2.75, 3.05) is 20.6 Å². The van der Waals surface area contributed by atoms with Crippen LogP contribution >= 0.6 is 0 Å². The number of carbonyl (C=O) groups excluding carboxylic acids is 3. The van der Waals surface area contributed by atoms with E-state index in [0.29, 0.717) is 12.1 Å². The van der Waals surface area contributed by atoms with Crippen molar-refractivity contribution in [3.05, 3.63) is 70.8 Å². The van der Waals surface area contributed by atoms with Gasteiger partial charge in [0.05, 0.1) is 6.42 Å². The third-order valence-electron chi connectivity index (χ3n) is 4.78. The van der Waals surface area contributed by atoms with Crippen LogP contribution in [0.15, 0.2) is 48.5 Å². The summed E-state index contributed by atoms with van der Waals surface area (Å²) in [5.41, 5.74) is 3.50. The van der Waals surface area contributed by atoms with Gasteiger partial charge in [0, 0.05) is 31.6 Å². The first-order valence-electron chi connectivity index (χ1n) is 9.36. The van der Waals surface area contributed by atoms with Crippen LogP contribution in [0.2, 0.25) is 0 Å². The molecule has 0 radical (unpaired) electrons. The van der Waals surface area contributed by atoms with Gasteiger partial charge < -0.3 is 10.2 Å². The number of nitrogens with zero attached hydrogens (tertiary/aromatic N) is 2. The maximum absolute atomic E-state index is 12.5. The fourth-order valence-electron chi connectivity index (χ4n) is 3.35. The van der Waals surface area contributed by atoms with Crippen LogP contribution in [0.4, 0.5) is 0 Å². The Morgan fingerprint density at radius 2 is 1.71 bits per heavy atom. The largest absolute Gasteiger partial charge is 0.352 e. The van der Waals surface area contributed by atoms with E-state index in [2.05, 4.69) is 10.2 Å². The third kappa shape index (κ3) is 4.64. The maximum atomic E-state index is 12.5. The maximum Gasteiger partial charge on any atom is 0.260 e. The van der Waals surface area contributed by atoms with E-state index in [1.54, 1.807) is 18.2 Å². The van der Waals surface area contributed by atoms with E-state index in [1.807, 2.05) is 44.4 Å². The molecule has 0 unspecified atom stereocenters. The van der Waals surface area contributed by atoms with Crippen molar-refractivity contribution < 1.29 is 14.4 Å². The van der Waals surface area contributed by atoms with Crippen molar-refractivity contribution in [2.45, 2.75) is 25.9 Å². The Hall–Kier alpha value is -2.99. The van der Waals surface area contributed by atoms with Crippen molar-refractivity contribution in [3.8, 4) is 0 Å². The standard InChI is InChI=1S/C22H25N3O3/c1-24(2)15-18-9-4-3-8-17(18)14-23-20(26)11-12-25-21(27)13-16-7-5-6-10-19(16)22(25)28/h3-10H,11-15H2,1-2H3,(H,23,26). The number of hydrogen-bond acceptors (Lipinski definition) is 4. The molecule has 0 atom stereocenters. The molecular weight excluding hydrogens is 354 g/mol. The normalized spacial score (nSPS) is 13.6. The van der Waals surface area contributed by atoms with Crippen molar-refractivity contribution >= 4 is 17.7 Å². The molecule has 1 N–H and O–H groups in total. The lowest BCUT2D eigenvalue weighted by atomic mass is 9.98. The lowest BCUT2D eigenvalue weighted by molar-refractivity contribution is -0.129. The Morgan fingerprint density at radius 1 is 1.04 bits per heavy atom. The Balaban J connectivity index is 1.55. The number of nitrogens with one attached hydrogen (secondary N) is 1. The molecule has 0 saturated carbocycles. The summed E-state index contributed by atoms with van der Waals surface area (Å²) in [6.45, 7) is 1.31. The Bertz CT molecular complexity index is 892. The average molecular weight is 379 g/mol. The van der Waals surface area contributed by atoms with Gasteiger partial charge in [0.1, 0.15) is 0 Å². The average Bonchev–Trinajstić information content (AvgIpc) is 2.66. The molecular formula is C22H25N3O3. The molecule has 0 saturated heterocycles. The second-order valence-corrected chi connectivity index (χ2v) is 7.22. The predicted octanol–water partition coefficient (Wildman–Crippen LogP) is 1.98. The molecule has 0 fully saturated rings. The molecule has 0 spiro atoms. The molecule has 3 rings (SSSR count). The topological polar surface area (TPSA) is 69.7 Å². The number of rotatable bonds is 7. The van der Waals surface area contributed by atoms with Gasteiger partial charge in [-0.15, -0.1) is 0 Å². The lowest BCUT2D eigenvalue weighted by Crippen LogP contribution is -2.44. The van der Waals surface area contributed by atoms with Gasteiger partial charge >= 0.3 is 0 Å². The van der Waals surface area contributed by atoms with Gasteiger partial charge in [-0.3, -0.25) is 19.3 Å². The van der Waals surface area contributed by atoms with Crippen LogP contribution in [-0.4, -0.2) is 48.2 Å². The fraction of sp³-hybridized carbons (Fsp3) is 0.318. The fourth-order valence-corrected chi connectivity index (χ4v) is 3.35. The second-order valence-electron chi connectivity index (χ2n) is 7.22. The number of imide groups is 1. The number of carbonyl (C=O) groups is 3. The van der Waals surface area contributed by atoms with E-state index in [1.165, 1.54) is 4.90 Å². The molecule has 2 aromatic rings. The second kappa shape index (κ2) is 8.80. The highest BCUT2D eigenvalue weighted by atomic mass is 16.2. The zero-order valence-electron chi connectivity index (χ0n) is 16.3. The summed E-state index contributed by atoms with van der Waals surface area (Å²) in [5.74, 6) is -0.761. The van der Waals surface area contributed by atoms with Crippen molar-refractivity contribution in [1.29, 1.82) is 0 Å². The Kier molecular flexibility index (Phi) is 6.21. The van der Waals surface area contributed by atoms with Crippen LogP contribution in [0, 0.1) is 0 Å². The van der Waals surface area contributed by atoms with Gasteiger partial charge in [0.25, 0.3) is 5.91 Å². The molecule has 1 aliphatic rings. The van der Waals surface area contributed by atoms with Gasteiger partial charge in [0.2, 0.25) is 11.8 Å². The Labute approximate surface area is 165 Å². The Morgan fingerprint density at radius 3 is 2.46 bits per heavy atom. The molecule has 1 aliphatic heterocycles. The van der Waals surface area contributed by atoms with Gasteiger partial charge in [-0.1, -0.05) is 42.5 Å². The zero-order chi connectivity index (χ0) is 20.1. The van der Waals surface area contributed by atoms with Crippen molar-refractivity contribution in [3.63, 3.8) is 0 Å². The third-order valence-corrected chi connectivity index (χ3v) is 4.78. The molecule has 0 aromatic heterocycles. The van der Waals surface area contributed by atoms with E-state index in [9.17, 15) is 14.4 Å². The number of fused-ring (bicyclic) bond motifs is 1. The van der Waals surface area contributed by atoms with Crippen molar-refractivity contribution in [2.24, 2.45) is 0 Å². The summed E-state index contributed by atoms with van der Waals surface area (Å²) >= 11 is 0. The van der Waals surface area contributed by atoms with Crippen LogP contribution in [0.25, 0.3) is 0 Å². The molecule has 6 nitrogen and oxygen atoms in total. The first-order valence-corrected chi connectivity index (χ1v) is 9.36. The number of benzene rings is 2. The first-order chi connectivity index (χ1) is 13.5. The molecule has 3 amide bonds. The predicted molar refractivity (Wildman–Crippen MR) is 106 cm³/mol. The summed E-state index contributed by atoms with van der Waals surface area (Å²) in [6.07, 6.45) is 0.289. The summed E-state index contributed by atoms with van der Waals surface area (Å²) < 4.78 is 0. The van der Waals surface area contributed by atoms with E-state index < -0.39 is 0 Å². The van der Waals surface area contributed by atoms with Crippen LogP contribution < -0.4 is 5.32 Å². The monoisotopic (exact) mass is 379 g/mol. The number of hydrogen-bond donors (Lipinski definition) is 1. The molecule has 6 heteroatoms. The van der Waals surface area contributed by atoms with Gasteiger partial charge in [-0.05, 0) is 36.9 Å². The summed E-state index contributed by atoms with van der Waals surface area (Å²) in [4.78, 5) is 40.3. The summed E-state index contributed by atoms with van der Waals surface area (Å²) in [6, 6.07) is 15.1. The first kappa shape index (κ1) is 19.8.